The molecule has 0 unspecified atom stereocenters. The van der Waals surface area contributed by atoms with E-state index in [1.807, 2.05) is 52.0 Å². The number of fused-ring (bicyclic) bond motifs is 1. The lowest BCUT2D eigenvalue weighted by Crippen LogP contribution is -2.32. The van der Waals surface area contributed by atoms with Crippen molar-refractivity contribution in [2.75, 3.05) is 19.0 Å². The Kier molecular flexibility index (Phi) is 6.84. The molecule has 0 radical (unpaired) electrons. The molecule has 0 aliphatic heterocycles. The standard InChI is InChI=1S/C27H33N3O3/c1-6-22-25(29-24-21-12-10-9-11-18(21)16-23(24)33-8-3)27(31)30(7-2)26(28-22)20-14-13-19(32-5)15-17(20)4/h9-15,23-24,29H,6-8,16H2,1-5H3/t23-,24+/m0/s1. The van der Waals surface area contributed by atoms with E-state index < -0.39 is 0 Å². The van der Waals surface area contributed by atoms with Gasteiger partial charge in [0.05, 0.1) is 24.9 Å². The van der Waals surface area contributed by atoms with E-state index >= 15 is 0 Å². The lowest BCUT2D eigenvalue weighted by atomic mass is 10.1. The number of benzene rings is 2. The fourth-order valence-corrected chi connectivity index (χ4v) is 4.77. The number of aromatic nitrogens is 2. The van der Waals surface area contributed by atoms with E-state index in [0.717, 1.165) is 29.0 Å². The lowest BCUT2D eigenvalue weighted by Gasteiger charge is -2.25. The van der Waals surface area contributed by atoms with Crippen LogP contribution in [-0.2, 0) is 24.1 Å². The molecule has 0 saturated heterocycles. The van der Waals surface area contributed by atoms with Crippen LogP contribution in [0.3, 0.4) is 0 Å². The maximum absolute atomic E-state index is 13.8. The molecule has 0 bridgehead atoms. The summed E-state index contributed by atoms with van der Waals surface area (Å²) in [7, 11) is 1.65. The van der Waals surface area contributed by atoms with Crippen molar-refractivity contribution in [3.63, 3.8) is 0 Å². The Morgan fingerprint density at radius 2 is 1.94 bits per heavy atom. The number of anilines is 1. The Labute approximate surface area is 195 Å². The summed E-state index contributed by atoms with van der Waals surface area (Å²) in [6, 6.07) is 14.1. The quantitative estimate of drug-likeness (QED) is 0.531. The average Bonchev–Trinajstić information content (AvgIpc) is 3.17. The normalized spacial score (nSPS) is 17.1. The SMILES string of the molecule is CCO[C@H]1Cc2ccccc2[C@H]1Nc1c(CC)nc(-c2ccc(OC)cc2C)n(CC)c1=O. The van der Waals surface area contributed by atoms with Gasteiger partial charge in [-0.05, 0) is 62.1 Å². The van der Waals surface area contributed by atoms with Crippen LogP contribution >= 0.6 is 0 Å². The van der Waals surface area contributed by atoms with Crippen molar-refractivity contribution in [2.24, 2.45) is 0 Å². The minimum atomic E-state index is -0.0835. The number of nitrogens with zero attached hydrogens (tertiary/aromatic N) is 2. The smallest absolute Gasteiger partial charge is 0.277 e. The van der Waals surface area contributed by atoms with E-state index in [4.69, 9.17) is 14.5 Å². The first-order chi connectivity index (χ1) is 16.0. The van der Waals surface area contributed by atoms with Crippen molar-refractivity contribution in [2.45, 2.75) is 59.2 Å². The number of rotatable bonds is 8. The van der Waals surface area contributed by atoms with Gasteiger partial charge in [-0.25, -0.2) is 4.98 Å². The van der Waals surface area contributed by atoms with Gasteiger partial charge in [0.1, 0.15) is 17.3 Å². The molecule has 0 fully saturated rings. The monoisotopic (exact) mass is 447 g/mol. The third-order valence-electron chi connectivity index (χ3n) is 6.43. The molecule has 4 rings (SSSR count). The third kappa shape index (κ3) is 4.27. The van der Waals surface area contributed by atoms with Gasteiger partial charge in [-0.15, -0.1) is 0 Å². The molecule has 6 nitrogen and oxygen atoms in total. The van der Waals surface area contributed by atoms with Crippen LogP contribution in [-0.4, -0.2) is 29.4 Å². The van der Waals surface area contributed by atoms with E-state index in [2.05, 4.69) is 23.5 Å². The number of hydrogen-bond acceptors (Lipinski definition) is 5. The zero-order valence-corrected chi connectivity index (χ0v) is 20.1. The van der Waals surface area contributed by atoms with Gasteiger partial charge in [-0.3, -0.25) is 9.36 Å². The molecule has 174 valence electrons. The van der Waals surface area contributed by atoms with Crippen LogP contribution in [0.4, 0.5) is 5.69 Å². The van der Waals surface area contributed by atoms with E-state index in [9.17, 15) is 4.79 Å². The molecule has 1 aliphatic carbocycles. The van der Waals surface area contributed by atoms with Crippen molar-refractivity contribution in [3.8, 4) is 17.1 Å². The highest BCUT2D eigenvalue weighted by molar-refractivity contribution is 5.64. The summed E-state index contributed by atoms with van der Waals surface area (Å²) in [6.45, 7) is 9.20. The van der Waals surface area contributed by atoms with Crippen LogP contribution < -0.4 is 15.6 Å². The second-order valence-corrected chi connectivity index (χ2v) is 8.36. The zero-order chi connectivity index (χ0) is 23.5. The summed E-state index contributed by atoms with van der Waals surface area (Å²) in [4.78, 5) is 18.8. The predicted octanol–water partition coefficient (Wildman–Crippen LogP) is 4.92. The Balaban J connectivity index is 1.81. The summed E-state index contributed by atoms with van der Waals surface area (Å²) in [6.07, 6.45) is 1.47. The third-order valence-corrected chi connectivity index (χ3v) is 6.43. The summed E-state index contributed by atoms with van der Waals surface area (Å²) in [5.74, 6) is 1.48. The van der Waals surface area contributed by atoms with E-state index in [-0.39, 0.29) is 17.7 Å². The number of ether oxygens (including phenoxy) is 2. The predicted molar refractivity (Wildman–Crippen MR) is 132 cm³/mol. The zero-order valence-electron chi connectivity index (χ0n) is 20.1. The Morgan fingerprint density at radius 3 is 2.61 bits per heavy atom. The lowest BCUT2D eigenvalue weighted by molar-refractivity contribution is 0.0574. The van der Waals surface area contributed by atoms with Crippen molar-refractivity contribution in [3.05, 3.63) is 75.2 Å². The number of nitrogens with one attached hydrogen (secondary N) is 1. The van der Waals surface area contributed by atoms with Crippen LogP contribution in [0.5, 0.6) is 5.75 Å². The maximum Gasteiger partial charge on any atom is 0.277 e. The first kappa shape index (κ1) is 23.1. The number of hydrogen-bond donors (Lipinski definition) is 1. The molecule has 0 saturated carbocycles. The van der Waals surface area contributed by atoms with E-state index in [1.54, 1.807) is 11.7 Å². The first-order valence-corrected chi connectivity index (χ1v) is 11.8. The fraction of sp³-hybridized carbons (Fsp3) is 0.407. The Morgan fingerprint density at radius 1 is 1.15 bits per heavy atom. The molecule has 1 N–H and O–H groups in total. The van der Waals surface area contributed by atoms with Crippen LogP contribution in [0.25, 0.3) is 11.4 Å². The highest BCUT2D eigenvalue weighted by atomic mass is 16.5. The molecule has 1 aromatic heterocycles. The van der Waals surface area contributed by atoms with Crippen LogP contribution in [0.15, 0.2) is 47.3 Å². The molecular weight excluding hydrogens is 414 g/mol. The minimum absolute atomic E-state index is 0.0184. The largest absolute Gasteiger partial charge is 0.497 e. The number of methoxy groups -OCH3 is 1. The summed E-state index contributed by atoms with van der Waals surface area (Å²) in [5, 5.41) is 3.57. The van der Waals surface area contributed by atoms with Crippen LogP contribution in [0, 0.1) is 6.92 Å². The van der Waals surface area contributed by atoms with Gasteiger partial charge in [0.25, 0.3) is 5.56 Å². The van der Waals surface area contributed by atoms with Gasteiger partial charge in [0.15, 0.2) is 0 Å². The fourth-order valence-electron chi connectivity index (χ4n) is 4.77. The van der Waals surface area contributed by atoms with Crippen molar-refractivity contribution in [1.82, 2.24) is 9.55 Å². The molecule has 1 heterocycles. The average molecular weight is 448 g/mol. The molecule has 0 spiro atoms. The molecular formula is C27H33N3O3. The van der Waals surface area contributed by atoms with Gasteiger partial charge in [-0.1, -0.05) is 31.2 Å². The Bertz CT molecular complexity index is 1200. The van der Waals surface area contributed by atoms with Crippen molar-refractivity contribution in [1.29, 1.82) is 0 Å². The molecule has 2 atom stereocenters. The molecule has 33 heavy (non-hydrogen) atoms. The second kappa shape index (κ2) is 9.79. The highest BCUT2D eigenvalue weighted by Gasteiger charge is 2.34. The van der Waals surface area contributed by atoms with E-state index in [0.29, 0.717) is 31.1 Å². The van der Waals surface area contributed by atoms with Gasteiger partial charge < -0.3 is 14.8 Å². The summed E-state index contributed by atoms with van der Waals surface area (Å²) in [5.41, 5.74) is 5.71. The van der Waals surface area contributed by atoms with Gasteiger partial charge in [0, 0.05) is 25.1 Å². The number of aryl methyl sites for hydroxylation is 2. The molecule has 6 heteroatoms. The molecule has 2 aromatic carbocycles. The molecule has 3 aromatic rings. The van der Waals surface area contributed by atoms with Gasteiger partial charge in [-0.2, -0.15) is 0 Å². The summed E-state index contributed by atoms with van der Waals surface area (Å²) < 4.78 is 13.2. The van der Waals surface area contributed by atoms with E-state index in [1.165, 1.54) is 11.1 Å². The van der Waals surface area contributed by atoms with Gasteiger partial charge in [0.2, 0.25) is 0 Å². The second-order valence-electron chi connectivity index (χ2n) is 8.36. The topological polar surface area (TPSA) is 65.4 Å². The molecule has 0 amide bonds. The minimum Gasteiger partial charge on any atom is -0.497 e. The summed E-state index contributed by atoms with van der Waals surface area (Å²) >= 11 is 0. The van der Waals surface area contributed by atoms with Gasteiger partial charge >= 0.3 is 0 Å². The van der Waals surface area contributed by atoms with Crippen molar-refractivity contribution < 1.29 is 9.47 Å². The van der Waals surface area contributed by atoms with Crippen molar-refractivity contribution >= 4 is 5.69 Å². The maximum atomic E-state index is 13.8. The van der Waals surface area contributed by atoms with Crippen LogP contribution in [0.1, 0.15) is 49.2 Å². The highest BCUT2D eigenvalue weighted by Crippen LogP contribution is 2.36. The van der Waals surface area contributed by atoms with Crippen LogP contribution in [0.2, 0.25) is 0 Å². The first-order valence-electron chi connectivity index (χ1n) is 11.8. The molecule has 1 aliphatic rings. The Hall–Kier alpha value is -3.12.